The van der Waals surface area contributed by atoms with Gasteiger partial charge in [-0.05, 0) is 92.3 Å². The fraction of sp³-hybridized carbons (Fsp3) is 0.727. The van der Waals surface area contributed by atoms with Crippen LogP contribution >= 0.6 is 0 Å². The Morgan fingerprint density at radius 2 is 2.04 bits per heavy atom. The maximum absolute atomic E-state index is 12.4. The van der Waals surface area contributed by atoms with Crippen LogP contribution in [0.1, 0.15) is 71.6 Å². The van der Waals surface area contributed by atoms with Crippen molar-refractivity contribution in [1.82, 2.24) is 0 Å². The van der Waals surface area contributed by atoms with E-state index in [1.165, 1.54) is 24.0 Å². The van der Waals surface area contributed by atoms with Gasteiger partial charge in [0.1, 0.15) is 6.10 Å². The number of rotatable bonds is 3. The summed E-state index contributed by atoms with van der Waals surface area (Å²) in [5, 5.41) is 9.77. The molecule has 25 heavy (non-hydrogen) atoms. The highest BCUT2D eigenvalue weighted by Gasteiger charge is 2.55. The van der Waals surface area contributed by atoms with Gasteiger partial charge in [-0.1, -0.05) is 12.5 Å². The molecule has 3 nitrogen and oxygen atoms in total. The molecule has 1 N–H and O–H groups in total. The lowest BCUT2D eigenvalue weighted by atomic mass is 9.54. The number of hydrogen-bond donors (Lipinski definition) is 1. The molecular formula is C22H30O3. The molecular weight excluding hydrogens is 312 g/mol. The van der Waals surface area contributed by atoms with Crippen molar-refractivity contribution < 1.29 is 14.7 Å². The fourth-order valence-corrected chi connectivity index (χ4v) is 6.48. The van der Waals surface area contributed by atoms with Crippen molar-refractivity contribution in [3.63, 3.8) is 0 Å². The van der Waals surface area contributed by atoms with Crippen LogP contribution in [0.5, 0.6) is 0 Å². The first-order valence-electron chi connectivity index (χ1n) is 10.1. The standard InChI is InChI=1S/C22H30O3/c1-13-3-8-20-19-6-4-15-11-16(24)5-7-17(15)18(19)9-10-22(13,20)12-21(25)14(2)23/h11,13-14,19-20,23H,3-10,12H2,1-2H3/t13?,14?,19-,20+,22+/m1/s1. The Morgan fingerprint density at radius 1 is 1.24 bits per heavy atom. The number of fused-ring (bicyclic) bond motifs is 4. The minimum absolute atomic E-state index is 0.0227. The van der Waals surface area contributed by atoms with Gasteiger partial charge in [0.15, 0.2) is 11.6 Å². The topological polar surface area (TPSA) is 54.4 Å². The second-order valence-corrected chi connectivity index (χ2v) is 8.92. The van der Waals surface area contributed by atoms with Gasteiger partial charge in [-0.25, -0.2) is 0 Å². The molecule has 0 radical (unpaired) electrons. The van der Waals surface area contributed by atoms with Gasteiger partial charge in [0.25, 0.3) is 0 Å². The lowest BCUT2D eigenvalue weighted by molar-refractivity contribution is -0.131. The van der Waals surface area contributed by atoms with Gasteiger partial charge in [0.2, 0.25) is 0 Å². The monoisotopic (exact) mass is 342 g/mol. The zero-order chi connectivity index (χ0) is 17.8. The zero-order valence-corrected chi connectivity index (χ0v) is 15.5. The van der Waals surface area contributed by atoms with Crippen molar-refractivity contribution >= 4 is 11.6 Å². The zero-order valence-electron chi connectivity index (χ0n) is 15.5. The summed E-state index contributed by atoms with van der Waals surface area (Å²) in [5.41, 5.74) is 4.50. The highest BCUT2D eigenvalue weighted by Crippen LogP contribution is 2.63. The summed E-state index contributed by atoms with van der Waals surface area (Å²) >= 11 is 0. The van der Waals surface area contributed by atoms with Gasteiger partial charge in [-0.2, -0.15) is 0 Å². The molecule has 2 unspecified atom stereocenters. The molecule has 0 spiro atoms. The molecule has 3 heteroatoms. The average molecular weight is 342 g/mol. The van der Waals surface area contributed by atoms with Crippen LogP contribution < -0.4 is 0 Å². The molecule has 0 bridgehead atoms. The second kappa shape index (κ2) is 6.19. The molecule has 4 rings (SSSR count). The van der Waals surface area contributed by atoms with E-state index in [4.69, 9.17) is 0 Å². The number of allylic oxidation sites excluding steroid dienone is 4. The highest BCUT2D eigenvalue weighted by atomic mass is 16.3. The number of carbonyl (C=O) groups excluding carboxylic acids is 2. The average Bonchev–Trinajstić information content (AvgIpc) is 2.91. The van der Waals surface area contributed by atoms with Crippen molar-refractivity contribution in [2.45, 2.75) is 77.7 Å². The second-order valence-electron chi connectivity index (χ2n) is 8.92. The Bertz CT molecular complexity index is 669. The van der Waals surface area contributed by atoms with Crippen molar-refractivity contribution in [1.29, 1.82) is 0 Å². The van der Waals surface area contributed by atoms with Crippen molar-refractivity contribution in [3.8, 4) is 0 Å². The van der Waals surface area contributed by atoms with Crippen LogP contribution in [0.15, 0.2) is 22.8 Å². The number of hydrogen-bond acceptors (Lipinski definition) is 3. The largest absolute Gasteiger partial charge is 0.386 e. The maximum atomic E-state index is 12.4. The maximum Gasteiger partial charge on any atom is 0.161 e. The van der Waals surface area contributed by atoms with E-state index in [0.29, 0.717) is 36.4 Å². The third kappa shape index (κ3) is 2.66. The Morgan fingerprint density at radius 3 is 2.80 bits per heavy atom. The summed E-state index contributed by atoms with van der Waals surface area (Å²) in [4.78, 5) is 24.2. The molecule has 4 aliphatic carbocycles. The van der Waals surface area contributed by atoms with Gasteiger partial charge >= 0.3 is 0 Å². The van der Waals surface area contributed by atoms with Crippen molar-refractivity contribution in [2.24, 2.45) is 23.2 Å². The molecule has 0 aromatic rings. The van der Waals surface area contributed by atoms with Crippen LogP contribution in [-0.4, -0.2) is 22.8 Å². The Hall–Kier alpha value is -1.22. The molecule has 0 amide bonds. The van der Waals surface area contributed by atoms with Crippen LogP contribution in [0.4, 0.5) is 0 Å². The third-order valence-electron chi connectivity index (χ3n) is 7.85. The molecule has 0 aromatic heterocycles. The van der Waals surface area contributed by atoms with E-state index in [9.17, 15) is 14.7 Å². The minimum Gasteiger partial charge on any atom is -0.386 e. The summed E-state index contributed by atoms with van der Waals surface area (Å²) in [6.45, 7) is 3.93. The van der Waals surface area contributed by atoms with E-state index in [0.717, 1.165) is 32.1 Å². The van der Waals surface area contributed by atoms with E-state index in [1.54, 1.807) is 12.5 Å². The van der Waals surface area contributed by atoms with Crippen LogP contribution in [0.3, 0.4) is 0 Å². The first-order valence-corrected chi connectivity index (χ1v) is 10.1. The number of ketones is 2. The molecule has 0 aromatic carbocycles. The van der Waals surface area contributed by atoms with E-state index in [1.807, 2.05) is 6.08 Å². The summed E-state index contributed by atoms with van der Waals surface area (Å²) < 4.78 is 0. The van der Waals surface area contributed by atoms with Gasteiger partial charge < -0.3 is 5.11 Å². The van der Waals surface area contributed by atoms with E-state index in [2.05, 4.69) is 6.92 Å². The fourth-order valence-electron chi connectivity index (χ4n) is 6.48. The van der Waals surface area contributed by atoms with Gasteiger partial charge in [0.05, 0.1) is 0 Å². The summed E-state index contributed by atoms with van der Waals surface area (Å²) in [7, 11) is 0. The summed E-state index contributed by atoms with van der Waals surface area (Å²) in [6, 6.07) is 0. The Balaban J connectivity index is 1.68. The van der Waals surface area contributed by atoms with Crippen LogP contribution in [-0.2, 0) is 9.59 Å². The summed E-state index contributed by atoms with van der Waals surface area (Å²) in [6.07, 6.45) is 9.96. The first-order chi connectivity index (χ1) is 11.9. The molecule has 136 valence electrons. The van der Waals surface area contributed by atoms with Crippen LogP contribution in [0.25, 0.3) is 0 Å². The Kier molecular flexibility index (Phi) is 4.26. The quantitative estimate of drug-likeness (QED) is 0.838. The summed E-state index contributed by atoms with van der Waals surface area (Å²) in [5.74, 6) is 2.06. The molecule has 0 saturated heterocycles. The van der Waals surface area contributed by atoms with Crippen molar-refractivity contribution in [3.05, 3.63) is 22.8 Å². The lowest BCUT2D eigenvalue weighted by Gasteiger charge is -2.50. The van der Waals surface area contributed by atoms with Gasteiger partial charge in [-0.15, -0.1) is 0 Å². The molecule has 5 atom stereocenters. The third-order valence-corrected chi connectivity index (χ3v) is 7.85. The molecule has 0 aliphatic heterocycles. The van der Waals surface area contributed by atoms with E-state index >= 15 is 0 Å². The predicted molar refractivity (Wildman–Crippen MR) is 96.9 cm³/mol. The molecule has 4 aliphatic rings. The van der Waals surface area contributed by atoms with Crippen LogP contribution in [0, 0.1) is 23.2 Å². The van der Waals surface area contributed by atoms with Gasteiger partial charge in [-0.3, -0.25) is 9.59 Å². The predicted octanol–water partition coefficient (Wildman–Crippen LogP) is 4.15. The van der Waals surface area contributed by atoms with Crippen molar-refractivity contribution in [2.75, 3.05) is 0 Å². The van der Waals surface area contributed by atoms with Gasteiger partial charge in [0, 0.05) is 12.8 Å². The molecule has 2 saturated carbocycles. The highest BCUT2D eigenvalue weighted by molar-refractivity contribution is 5.93. The number of Topliss-reactive ketones (excluding diaryl/α,β-unsaturated/α-hetero) is 1. The number of aliphatic hydroxyl groups excluding tert-OH is 1. The van der Waals surface area contributed by atoms with E-state index in [-0.39, 0.29) is 11.2 Å². The lowest BCUT2D eigenvalue weighted by Crippen LogP contribution is -2.44. The normalized spacial score (nSPS) is 38.6. The van der Waals surface area contributed by atoms with Crippen LogP contribution in [0.2, 0.25) is 0 Å². The number of aliphatic hydroxyl groups is 1. The number of carbonyl (C=O) groups is 2. The Labute approximate surface area is 150 Å². The van der Waals surface area contributed by atoms with E-state index < -0.39 is 6.10 Å². The molecule has 0 heterocycles. The minimum atomic E-state index is -0.840. The molecule has 2 fully saturated rings. The first kappa shape index (κ1) is 17.2. The SMILES string of the molecule is CC(O)C(=O)C[C@]12CCC3=C4CCC(=O)C=C4CC[C@H]3[C@@H]1CCC2C. The smallest absolute Gasteiger partial charge is 0.161 e.